The van der Waals surface area contributed by atoms with Crippen LogP contribution in [0.4, 0.5) is 0 Å². The summed E-state index contributed by atoms with van der Waals surface area (Å²) in [5.41, 5.74) is 0.662. The van der Waals surface area contributed by atoms with Gasteiger partial charge in [0.1, 0.15) is 10.7 Å². The molecule has 2 atom stereocenters. The molecule has 2 aromatic rings. The van der Waals surface area contributed by atoms with Gasteiger partial charge in [-0.2, -0.15) is 0 Å². The van der Waals surface area contributed by atoms with Crippen molar-refractivity contribution in [2.24, 2.45) is 11.3 Å². The monoisotopic (exact) mass is 342 g/mol. The highest BCUT2D eigenvalue weighted by atomic mass is 32.1. The zero-order valence-electron chi connectivity index (χ0n) is 13.1. The first kappa shape index (κ1) is 15.3. The van der Waals surface area contributed by atoms with Gasteiger partial charge in [0.25, 0.3) is 5.91 Å². The molecule has 1 N–H and O–H groups in total. The minimum absolute atomic E-state index is 0.0752. The number of thiazole rings is 1. The van der Waals surface area contributed by atoms with Crippen molar-refractivity contribution in [3.8, 4) is 10.6 Å². The Balaban J connectivity index is 1.55. The average Bonchev–Trinajstić information content (AvgIpc) is 3.29. The van der Waals surface area contributed by atoms with E-state index in [4.69, 9.17) is 0 Å². The van der Waals surface area contributed by atoms with Gasteiger partial charge >= 0.3 is 5.97 Å². The average molecular weight is 342 g/mol. The number of aromatic nitrogens is 1. The third kappa shape index (κ3) is 2.33. The number of carbonyl (C=O) groups is 2. The number of rotatable bonds is 3. The second-order valence-electron chi connectivity index (χ2n) is 6.64. The van der Waals surface area contributed by atoms with Crippen LogP contribution in [0.2, 0.25) is 0 Å². The Morgan fingerprint density at radius 3 is 2.79 bits per heavy atom. The van der Waals surface area contributed by atoms with Crippen molar-refractivity contribution >= 4 is 23.2 Å². The maximum atomic E-state index is 12.8. The Hall–Kier alpha value is -2.21. The van der Waals surface area contributed by atoms with Crippen LogP contribution < -0.4 is 0 Å². The Labute approximate surface area is 143 Å². The number of amides is 1. The van der Waals surface area contributed by atoms with E-state index in [9.17, 15) is 14.7 Å². The molecule has 124 valence electrons. The molecular weight excluding hydrogens is 324 g/mol. The SMILES string of the molecule is O=C(c1csc(-c2ccccc2)n1)N1C[C@@H]2CCC[C@@]2(C(=O)O)C1. The molecule has 0 bridgehead atoms. The number of fused-ring (bicyclic) bond motifs is 1. The molecule has 1 aliphatic heterocycles. The lowest BCUT2D eigenvalue weighted by molar-refractivity contribution is -0.149. The van der Waals surface area contributed by atoms with Crippen LogP contribution in [-0.2, 0) is 4.79 Å². The molecule has 6 heteroatoms. The van der Waals surface area contributed by atoms with Crippen LogP contribution in [0.3, 0.4) is 0 Å². The third-order valence-corrected chi connectivity index (χ3v) is 6.22. The molecule has 2 fully saturated rings. The number of carbonyl (C=O) groups excluding carboxylic acids is 1. The number of hydrogen-bond donors (Lipinski definition) is 1. The van der Waals surface area contributed by atoms with E-state index in [2.05, 4.69) is 4.98 Å². The standard InChI is InChI=1S/C18H18N2O3S/c21-16(14-10-24-15(19-14)12-5-2-1-3-6-12)20-9-13-7-4-8-18(13,11-20)17(22)23/h1-3,5-6,10,13H,4,7-9,11H2,(H,22,23)/t13-,18+/m0/s1. The molecule has 1 aliphatic carbocycles. The molecule has 2 heterocycles. The maximum Gasteiger partial charge on any atom is 0.311 e. The van der Waals surface area contributed by atoms with E-state index in [0.29, 0.717) is 25.2 Å². The van der Waals surface area contributed by atoms with Crippen LogP contribution in [0.1, 0.15) is 29.8 Å². The molecule has 0 radical (unpaired) electrons. The molecule has 5 nitrogen and oxygen atoms in total. The summed E-state index contributed by atoms with van der Waals surface area (Å²) in [7, 11) is 0. The van der Waals surface area contributed by atoms with Crippen LogP contribution >= 0.6 is 11.3 Å². The zero-order valence-corrected chi connectivity index (χ0v) is 14.0. The first-order valence-corrected chi connectivity index (χ1v) is 9.02. The predicted octanol–water partition coefficient (Wildman–Crippen LogP) is 3.14. The largest absolute Gasteiger partial charge is 0.481 e. The molecule has 1 aromatic heterocycles. The van der Waals surface area contributed by atoms with E-state index in [1.807, 2.05) is 30.3 Å². The molecule has 1 aromatic carbocycles. The van der Waals surface area contributed by atoms with Crippen LogP contribution in [0.15, 0.2) is 35.7 Å². The van der Waals surface area contributed by atoms with Crippen molar-refractivity contribution in [1.82, 2.24) is 9.88 Å². The third-order valence-electron chi connectivity index (χ3n) is 5.33. The van der Waals surface area contributed by atoms with Gasteiger partial charge in [0.2, 0.25) is 0 Å². The summed E-state index contributed by atoms with van der Waals surface area (Å²) in [5, 5.41) is 12.2. The minimum Gasteiger partial charge on any atom is -0.481 e. The van der Waals surface area contributed by atoms with Gasteiger partial charge in [-0.15, -0.1) is 11.3 Å². The van der Waals surface area contributed by atoms with Gasteiger partial charge < -0.3 is 10.0 Å². The number of likely N-dealkylation sites (tertiary alicyclic amines) is 1. The Morgan fingerprint density at radius 1 is 1.29 bits per heavy atom. The van der Waals surface area contributed by atoms with Gasteiger partial charge in [0, 0.05) is 24.0 Å². The number of aliphatic carboxylic acids is 1. The van der Waals surface area contributed by atoms with Gasteiger partial charge in [-0.3, -0.25) is 9.59 Å². The van der Waals surface area contributed by atoms with Crippen molar-refractivity contribution in [2.45, 2.75) is 19.3 Å². The van der Waals surface area contributed by atoms with Crippen molar-refractivity contribution in [2.75, 3.05) is 13.1 Å². The number of carboxylic acids is 1. The highest BCUT2D eigenvalue weighted by molar-refractivity contribution is 7.13. The highest BCUT2D eigenvalue weighted by Crippen LogP contribution is 2.49. The van der Waals surface area contributed by atoms with Gasteiger partial charge in [-0.05, 0) is 18.8 Å². The fraction of sp³-hybridized carbons (Fsp3) is 0.389. The summed E-state index contributed by atoms with van der Waals surface area (Å²) in [6.07, 6.45) is 2.50. The van der Waals surface area contributed by atoms with Gasteiger partial charge in [0.15, 0.2) is 0 Å². The molecule has 4 rings (SSSR count). The van der Waals surface area contributed by atoms with Crippen molar-refractivity contribution in [1.29, 1.82) is 0 Å². The molecule has 1 amide bonds. The Bertz CT molecular complexity index is 789. The van der Waals surface area contributed by atoms with Gasteiger partial charge in [-0.1, -0.05) is 36.8 Å². The molecule has 1 saturated carbocycles. The van der Waals surface area contributed by atoms with E-state index >= 15 is 0 Å². The minimum atomic E-state index is -0.761. The molecule has 1 saturated heterocycles. The Kier molecular flexibility index (Phi) is 3.64. The highest BCUT2D eigenvalue weighted by Gasteiger charge is 2.55. The first-order chi connectivity index (χ1) is 11.6. The lowest BCUT2D eigenvalue weighted by Gasteiger charge is -2.23. The second-order valence-corrected chi connectivity index (χ2v) is 7.50. The molecule has 2 aliphatic rings. The van der Waals surface area contributed by atoms with E-state index in [1.165, 1.54) is 11.3 Å². The lowest BCUT2D eigenvalue weighted by atomic mass is 9.81. The number of carboxylic acid groups (broad SMARTS) is 1. The lowest BCUT2D eigenvalue weighted by Crippen LogP contribution is -2.37. The topological polar surface area (TPSA) is 70.5 Å². The maximum absolute atomic E-state index is 12.8. The summed E-state index contributed by atoms with van der Waals surface area (Å²) in [5.74, 6) is -0.835. The molecule has 0 unspecified atom stereocenters. The van der Waals surface area contributed by atoms with E-state index < -0.39 is 11.4 Å². The van der Waals surface area contributed by atoms with Crippen LogP contribution in [-0.4, -0.2) is 40.0 Å². The number of hydrogen-bond acceptors (Lipinski definition) is 4. The van der Waals surface area contributed by atoms with Crippen molar-refractivity contribution < 1.29 is 14.7 Å². The van der Waals surface area contributed by atoms with E-state index in [-0.39, 0.29) is 11.8 Å². The Morgan fingerprint density at radius 2 is 2.08 bits per heavy atom. The molecule has 24 heavy (non-hydrogen) atoms. The summed E-state index contributed by atoms with van der Waals surface area (Å²) < 4.78 is 0. The summed E-state index contributed by atoms with van der Waals surface area (Å²) in [4.78, 5) is 30.7. The van der Waals surface area contributed by atoms with Gasteiger partial charge in [0.05, 0.1) is 5.41 Å². The zero-order chi connectivity index (χ0) is 16.7. The predicted molar refractivity (Wildman–Crippen MR) is 90.9 cm³/mol. The van der Waals surface area contributed by atoms with Crippen molar-refractivity contribution in [3.63, 3.8) is 0 Å². The van der Waals surface area contributed by atoms with Crippen molar-refractivity contribution in [3.05, 3.63) is 41.4 Å². The van der Waals surface area contributed by atoms with Gasteiger partial charge in [-0.25, -0.2) is 4.98 Å². The summed E-state index contributed by atoms with van der Waals surface area (Å²) >= 11 is 1.44. The molecular formula is C18H18N2O3S. The van der Waals surface area contributed by atoms with Crippen LogP contribution in [0, 0.1) is 11.3 Å². The molecule has 0 spiro atoms. The second kappa shape index (κ2) is 5.70. The summed E-state index contributed by atoms with van der Waals surface area (Å²) in [6, 6.07) is 9.75. The number of nitrogens with zero attached hydrogens (tertiary/aromatic N) is 2. The fourth-order valence-corrected chi connectivity index (χ4v) is 4.84. The van der Waals surface area contributed by atoms with Crippen LogP contribution in [0.5, 0.6) is 0 Å². The number of benzene rings is 1. The quantitative estimate of drug-likeness (QED) is 0.930. The summed E-state index contributed by atoms with van der Waals surface area (Å²) in [6.45, 7) is 0.841. The van der Waals surface area contributed by atoms with E-state index in [1.54, 1.807) is 10.3 Å². The fourth-order valence-electron chi connectivity index (χ4n) is 4.04. The van der Waals surface area contributed by atoms with Crippen LogP contribution in [0.25, 0.3) is 10.6 Å². The first-order valence-electron chi connectivity index (χ1n) is 8.14. The smallest absolute Gasteiger partial charge is 0.311 e. The normalized spacial score (nSPS) is 25.7. The van der Waals surface area contributed by atoms with E-state index in [0.717, 1.165) is 23.4 Å².